The summed E-state index contributed by atoms with van der Waals surface area (Å²) >= 11 is 2.60. The molecule has 1 heterocycles. The Bertz CT molecular complexity index is 147. The van der Waals surface area contributed by atoms with Gasteiger partial charge in [0.15, 0.2) is 6.29 Å². The van der Waals surface area contributed by atoms with E-state index < -0.39 is 37.3 Å². The van der Waals surface area contributed by atoms with E-state index in [1.54, 1.807) is 0 Å². The zero-order chi connectivity index (χ0) is 10.0. The highest BCUT2D eigenvalue weighted by Gasteiger charge is 2.43. The average Bonchev–Trinajstić information content (AvgIpc) is 2.15. The summed E-state index contributed by atoms with van der Waals surface area (Å²) in [4.78, 5) is 0. The fourth-order valence-corrected chi connectivity index (χ4v) is 1.45. The molecule has 1 saturated heterocycles. The molecule has 0 aromatic rings. The second-order valence-corrected chi connectivity index (χ2v) is 3.16. The highest BCUT2D eigenvalue weighted by Crippen LogP contribution is 2.22. The molecule has 0 aromatic carbocycles. The van der Waals surface area contributed by atoms with Gasteiger partial charge in [0.05, 0.1) is 6.61 Å². The molecule has 1 aliphatic heterocycles. The van der Waals surface area contributed by atoms with Gasteiger partial charge in [-0.2, -0.15) is 0 Å². The van der Waals surface area contributed by atoms with Crippen LogP contribution in [-0.4, -0.2) is 57.7 Å². The van der Waals surface area contributed by atoms with E-state index in [9.17, 15) is 15.3 Å². The number of hydrogen-bond acceptors (Lipinski definition) is 6. The molecule has 1 aliphatic rings. The molecule has 5 atom stereocenters. The second-order valence-electron chi connectivity index (χ2n) is 2.79. The van der Waals surface area contributed by atoms with Crippen LogP contribution >= 0.6 is 16.3 Å². The topological polar surface area (TPSA) is 99.4 Å². The predicted octanol–water partition coefficient (Wildman–Crippen LogP) is -1.89. The number of aliphatic hydroxyl groups is 4. The minimum atomic E-state index is -1.39. The maximum absolute atomic E-state index is 9.26. The highest BCUT2D eigenvalue weighted by atomic mass is 79.9. The van der Waals surface area contributed by atoms with Crippen LogP contribution in [0.2, 0.25) is 0 Å². The minimum absolute atomic E-state index is 0.461. The lowest BCUT2D eigenvalue weighted by Crippen LogP contribution is -2.58. The van der Waals surface area contributed by atoms with Gasteiger partial charge in [0.1, 0.15) is 40.7 Å². The molecule has 78 valence electrons. The second kappa shape index (κ2) is 4.65. The lowest BCUT2D eigenvalue weighted by molar-refractivity contribution is -0.272. The fraction of sp³-hybridized carbons (Fsp3) is 1.00. The molecule has 1 rings (SSSR count). The Morgan fingerprint density at radius 3 is 2.23 bits per heavy atom. The minimum Gasteiger partial charge on any atom is -0.394 e. The van der Waals surface area contributed by atoms with Crippen molar-refractivity contribution < 1.29 is 29.0 Å². The third-order valence-corrected chi connectivity index (χ3v) is 2.30. The molecule has 0 spiro atoms. The number of rotatable bonds is 2. The predicted molar refractivity (Wildman–Crippen MR) is 43.8 cm³/mol. The molecule has 6 nitrogen and oxygen atoms in total. The zero-order valence-electron chi connectivity index (χ0n) is 6.58. The van der Waals surface area contributed by atoms with E-state index in [0.717, 1.165) is 0 Å². The zero-order valence-corrected chi connectivity index (χ0v) is 8.16. The molecule has 13 heavy (non-hydrogen) atoms. The van der Waals surface area contributed by atoms with Crippen molar-refractivity contribution in [3.63, 3.8) is 0 Å². The van der Waals surface area contributed by atoms with Crippen molar-refractivity contribution in [1.29, 1.82) is 0 Å². The molecule has 0 saturated carbocycles. The first-order valence-corrected chi connectivity index (χ1v) is 4.34. The standard InChI is InChI=1S/C6H11BrO6/c7-13-6-5(11)4(10)3(9)2(1-8)12-6/h2-6,8-11H,1H2/t2-,3-,4+,5-,6-/m1/s1. The van der Waals surface area contributed by atoms with Crippen molar-refractivity contribution in [3.05, 3.63) is 0 Å². The van der Waals surface area contributed by atoms with E-state index in [2.05, 4.69) is 20.1 Å². The summed E-state index contributed by atoms with van der Waals surface area (Å²) in [5.41, 5.74) is 0. The molecule has 0 unspecified atom stereocenters. The smallest absolute Gasteiger partial charge is 0.199 e. The van der Waals surface area contributed by atoms with Crippen LogP contribution in [0.5, 0.6) is 0 Å². The molecular formula is C6H11BrO6. The van der Waals surface area contributed by atoms with Gasteiger partial charge in [0, 0.05) is 0 Å². The van der Waals surface area contributed by atoms with E-state index in [0.29, 0.717) is 0 Å². The molecule has 0 radical (unpaired) electrons. The van der Waals surface area contributed by atoms with Crippen LogP contribution in [-0.2, 0) is 8.57 Å². The van der Waals surface area contributed by atoms with Crippen LogP contribution in [0.15, 0.2) is 0 Å². The van der Waals surface area contributed by atoms with Gasteiger partial charge in [-0.15, -0.1) is 0 Å². The molecule has 4 N–H and O–H groups in total. The van der Waals surface area contributed by atoms with Gasteiger partial charge in [0.2, 0.25) is 0 Å². The Labute approximate surface area is 83.2 Å². The van der Waals surface area contributed by atoms with Crippen LogP contribution in [0.3, 0.4) is 0 Å². The lowest BCUT2D eigenvalue weighted by Gasteiger charge is -2.38. The van der Waals surface area contributed by atoms with Crippen molar-refractivity contribution in [1.82, 2.24) is 0 Å². The Balaban J connectivity index is 2.66. The van der Waals surface area contributed by atoms with Gasteiger partial charge in [0.25, 0.3) is 0 Å². The molecule has 7 heteroatoms. The molecule has 0 aromatic heterocycles. The Kier molecular flexibility index (Phi) is 4.05. The summed E-state index contributed by atoms with van der Waals surface area (Å²) in [6.07, 6.45) is -6.12. The number of aliphatic hydroxyl groups excluding tert-OH is 4. The first kappa shape index (κ1) is 11.3. The van der Waals surface area contributed by atoms with E-state index in [-0.39, 0.29) is 0 Å². The fourth-order valence-electron chi connectivity index (χ4n) is 1.14. The Morgan fingerprint density at radius 2 is 1.77 bits per heavy atom. The summed E-state index contributed by atoms with van der Waals surface area (Å²) in [6.45, 7) is -0.461. The SMILES string of the molecule is OC[C@H]1O[C@H](OBr)[C@H](O)[C@@H](O)[C@@H]1O. The largest absolute Gasteiger partial charge is 0.394 e. The van der Waals surface area contributed by atoms with Crippen LogP contribution < -0.4 is 0 Å². The molecular weight excluding hydrogens is 248 g/mol. The summed E-state index contributed by atoms with van der Waals surface area (Å²) in [5.74, 6) is 0. The highest BCUT2D eigenvalue weighted by molar-refractivity contribution is 9.06. The Morgan fingerprint density at radius 1 is 1.15 bits per heavy atom. The van der Waals surface area contributed by atoms with Crippen molar-refractivity contribution in [2.75, 3.05) is 6.61 Å². The maximum Gasteiger partial charge on any atom is 0.199 e. The first-order valence-electron chi connectivity index (χ1n) is 3.69. The average molecular weight is 259 g/mol. The van der Waals surface area contributed by atoms with Gasteiger partial charge in [-0.3, -0.25) is 3.83 Å². The third-order valence-electron chi connectivity index (χ3n) is 1.94. The van der Waals surface area contributed by atoms with Gasteiger partial charge in [-0.05, 0) is 0 Å². The molecule has 0 amide bonds. The van der Waals surface area contributed by atoms with Crippen LogP contribution in [0.1, 0.15) is 0 Å². The van der Waals surface area contributed by atoms with Crippen LogP contribution in [0.4, 0.5) is 0 Å². The van der Waals surface area contributed by atoms with Crippen molar-refractivity contribution in [2.24, 2.45) is 0 Å². The summed E-state index contributed by atoms with van der Waals surface area (Å²) in [5, 5.41) is 36.5. The van der Waals surface area contributed by atoms with Gasteiger partial charge < -0.3 is 25.2 Å². The monoisotopic (exact) mass is 258 g/mol. The van der Waals surface area contributed by atoms with Gasteiger partial charge in [-0.25, -0.2) is 0 Å². The van der Waals surface area contributed by atoms with E-state index >= 15 is 0 Å². The van der Waals surface area contributed by atoms with Gasteiger partial charge >= 0.3 is 0 Å². The van der Waals surface area contributed by atoms with E-state index in [1.165, 1.54) is 0 Å². The molecule has 0 aliphatic carbocycles. The maximum atomic E-state index is 9.26. The number of hydrogen-bond donors (Lipinski definition) is 4. The quantitative estimate of drug-likeness (QED) is 0.463. The number of halogens is 1. The van der Waals surface area contributed by atoms with Crippen molar-refractivity contribution in [2.45, 2.75) is 30.7 Å². The summed E-state index contributed by atoms with van der Waals surface area (Å²) in [6, 6.07) is 0. The summed E-state index contributed by atoms with van der Waals surface area (Å²) < 4.78 is 9.41. The van der Waals surface area contributed by atoms with Crippen molar-refractivity contribution in [3.8, 4) is 0 Å². The first-order chi connectivity index (χ1) is 6.11. The summed E-state index contributed by atoms with van der Waals surface area (Å²) in [7, 11) is 0. The Hall–Kier alpha value is 0.240. The van der Waals surface area contributed by atoms with Gasteiger partial charge in [-0.1, -0.05) is 0 Å². The number of ether oxygens (including phenoxy) is 1. The van der Waals surface area contributed by atoms with Crippen molar-refractivity contribution >= 4 is 16.3 Å². The third kappa shape index (κ3) is 2.18. The molecule has 0 bridgehead atoms. The van der Waals surface area contributed by atoms with E-state index in [4.69, 9.17) is 9.84 Å². The molecule has 1 fully saturated rings. The van der Waals surface area contributed by atoms with E-state index in [1.807, 2.05) is 0 Å². The van der Waals surface area contributed by atoms with Crippen LogP contribution in [0, 0.1) is 0 Å². The lowest BCUT2D eigenvalue weighted by atomic mass is 10.00. The normalized spacial score (nSPS) is 46.4. The van der Waals surface area contributed by atoms with Crippen LogP contribution in [0.25, 0.3) is 0 Å².